The largest absolute Gasteiger partial charge is 0.396 e. The summed E-state index contributed by atoms with van der Waals surface area (Å²) in [5.41, 5.74) is 7.47. The first kappa shape index (κ1) is 10.3. The van der Waals surface area contributed by atoms with E-state index in [4.69, 9.17) is 5.73 Å². The number of nitrogen functional groups attached to an aromatic ring is 1. The number of hydrogen-bond acceptors (Lipinski definition) is 5. The number of hydrogen-bond donors (Lipinski definition) is 2. The van der Waals surface area contributed by atoms with E-state index in [1.807, 2.05) is 4.90 Å². The second-order valence-corrected chi connectivity index (χ2v) is 4.56. The second kappa shape index (κ2) is 3.87. The molecular weight excluding hydrogens is 218 g/mol. The molecule has 0 aromatic carbocycles. The minimum absolute atomic E-state index is 0.0182. The summed E-state index contributed by atoms with van der Waals surface area (Å²) in [6, 6.07) is 0. The van der Waals surface area contributed by atoms with Crippen molar-refractivity contribution < 1.29 is 4.79 Å². The smallest absolute Gasteiger partial charge is 0.239 e. The van der Waals surface area contributed by atoms with Crippen molar-refractivity contribution in [2.45, 2.75) is 18.8 Å². The molecule has 0 unspecified atom stereocenters. The Labute approximate surface area is 99.2 Å². The molecule has 1 aromatic heterocycles. The highest BCUT2D eigenvalue weighted by Gasteiger charge is 2.29. The van der Waals surface area contributed by atoms with Crippen LogP contribution in [-0.2, 0) is 4.79 Å². The van der Waals surface area contributed by atoms with Gasteiger partial charge in [0.05, 0.1) is 24.1 Å². The van der Waals surface area contributed by atoms with Crippen molar-refractivity contribution in [3.63, 3.8) is 0 Å². The van der Waals surface area contributed by atoms with E-state index in [9.17, 15) is 4.79 Å². The number of aromatic nitrogens is 2. The van der Waals surface area contributed by atoms with Crippen LogP contribution in [0.4, 0.5) is 11.6 Å². The molecule has 0 bridgehead atoms. The van der Waals surface area contributed by atoms with Gasteiger partial charge in [0.1, 0.15) is 0 Å². The number of nitrogens with zero attached hydrogens (tertiary/aromatic N) is 3. The van der Waals surface area contributed by atoms with E-state index in [2.05, 4.69) is 15.3 Å². The van der Waals surface area contributed by atoms with Gasteiger partial charge in [-0.3, -0.25) is 4.79 Å². The van der Waals surface area contributed by atoms with Gasteiger partial charge >= 0.3 is 0 Å². The van der Waals surface area contributed by atoms with Crippen LogP contribution in [0.15, 0.2) is 6.20 Å². The highest BCUT2D eigenvalue weighted by molar-refractivity contribution is 5.81. The molecule has 1 saturated carbocycles. The summed E-state index contributed by atoms with van der Waals surface area (Å²) in [6.07, 6.45) is 3.96. The van der Waals surface area contributed by atoms with Gasteiger partial charge in [0.2, 0.25) is 11.9 Å². The van der Waals surface area contributed by atoms with Crippen LogP contribution in [0.5, 0.6) is 0 Å². The Balaban J connectivity index is 1.86. The average Bonchev–Trinajstić information content (AvgIpc) is 3.14. The summed E-state index contributed by atoms with van der Waals surface area (Å²) in [6.45, 7) is 1.72. The molecule has 6 nitrogen and oxygen atoms in total. The number of carbonyl (C=O) groups excluding carboxylic acids is 1. The van der Waals surface area contributed by atoms with E-state index >= 15 is 0 Å². The topological polar surface area (TPSA) is 84.1 Å². The van der Waals surface area contributed by atoms with Crippen LogP contribution in [0.3, 0.4) is 0 Å². The molecule has 2 fully saturated rings. The molecule has 1 aliphatic carbocycles. The van der Waals surface area contributed by atoms with Crippen molar-refractivity contribution in [3.05, 3.63) is 11.9 Å². The Hall–Kier alpha value is -1.85. The molecule has 6 heteroatoms. The lowest BCUT2D eigenvalue weighted by Gasteiger charge is -2.26. The van der Waals surface area contributed by atoms with Crippen LogP contribution in [0.25, 0.3) is 0 Å². The lowest BCUT2D eigenvalue weighted by atomic mass is 10.2. The molecule has 1 aliphatic heterocycles. The standard InChI is InChI=1S/C11H15N5O/c12-8-5-14-11(15-10(8)7-1-2-7)16-4-3-13-9(17)6-16/h5,7H,1-4,6,12H2,(H,13,17). The predicted molar refractivity (Wildman–Crippen MR) is 63.6 cm³/mol. The van der Waals surface area contributed by atoms with E-state index in [1.54, 1.807) is 6.20 Å². The molecule has 3 rings (SSSR count). The van der Waals surface area contributed by atoms with Gasteiger partial charge in [-0.1, -0.05) is 0 Å². The third-order valence-corrected chi connectivity index (χ3v) is 3.12. The van der Waals surface area contributed by atoms with Gasteiger partial charge < -0.3 is 16.0 Å². The monoisotopic (exact) mass is 233 g/mol. The van der Waals surface area contributed by atoms with Crippen molar-refractivity contribution in [1.82, 2.24) is 15.3 Å². The minimum atomic E-state index is 0.0182. The van der Waals surface area contributed by atoms with Gasteiger partial charge in [0.15, 0.2) is 0 Å². The van der Waals surface area contributed by atoms with E-state index in [1.165, 1.54) is 0 Å². The van der Waals surface area contributed by atoms with Crippen LogP contribution < -0.4 is 16.0 Å². The molecule has 1 amide bonds. The number of rotatable bonds is 2. The molecular formula is C11H15N5O. The number of nitrogens with two attached hydrogens (primary N) is 1. The summed E-state index contributed by atoms with van der Waals surface area (Å²) in [5, 5.41) is 2.78. The van der Waals surface area contributed by atoms with Crippen molar-refractivity contribution in [1.29, 1.82) is 0 Å². The van der Waals surface area contributed by atoms with E-state index < -0.39 is 0 Å². The maximum atomic E-state index is 11.3. The SMILES string of the molecule is Nc1cnc(N2CCNC(=O)C2)nc1C1CC1. The summed E-state index contributed by atoms with van der Waals surface area (Å²) in [7, 11) is 0. The molecule has 1 saturated heterocycles. The molecule has 17 heavy (non-hydrogen) atoms. The molecule has 0 atom stereocenters. The normalized spacial score (nSPS) is 20.2. The quantitative estimate of drug-likeness (QED) is 0.743. The lowest BCUT2D eigenvalue weighted by molar-refractivity contribution is -0.120. The molecule has 2 aliphatic rings. The Morgan fingerprint density at radius 1 is 1.47 bits per heavy atom. The molecule has 0 radical (unpaired) electrons. The Morgan fingerprint density at radius 3 is 3.00 bits per heavy atom. The fraction of sp³-hybridized carbons (Fsp3) is 0.545. The van der Waals surface area contributed by atoms with E-state index in [0.717, 1.165) is 25.1 Å². The van der Waals surface area contributed by atoms with Gasteiger partial charge in [-0.25, -0.2) is 9.97 Å². The minimum Gasteiger partial charge on any atom is -0.396 e. The second-order valence-electron chi connectivity index (χ2n) is 4.56. The first-order chi connectivity index (χ1) is 8.24. The third-order valence-electron chi connectivity index (χ3n) is 3.12. The van der Waals surface area contributed by atoms with Crippen molar-refractivity contribution in [3.8, 4) is 0 Å². The summed E-state index contributed by atoms with van der Waals surface area (Å²) in [4.78, 5) is 21.9. The molecule has 0 spiro atoms. The highest BCUT2D eigenvalue weighted by atomic mass is 16.2. The lowest BCUT2D eigenvalue weighted by Crippen LogP contribution is -2.48. The molecule has 90 valence electrons. The Kier molecular flexibility index (Phi) is 2.35. The Morgan fingerprint density at radius 2 is 2.29 bits per heavy atom. The van der Waals surface area contributed by atoms with Crippen LogP contribution in [-0.4, -0.2) is 35.5 Å². The number of anilines is 2. The first-order valence-electron chi connectivity index (χ1n) is 5.88. The zero-order valence-corrected chi connectivity index (χ0v) is 9.52. The van der Waals surface area contributed by atoms with E-state index in [0.29, 0.717) is 30.6 Å². The van der Waals surface area contributed by atoms with Gasteiger partial charge in [0, 0.05) is 19.0 Å². The van der Waals surface area contributed by atoms with Crippen molar-refractivity contribution in [2.24, 2.45) is 0 Å². The number of nitrogens with one attached hydrogen (secondary N) is 1. The highest BCUT2D eigenvalue weighted by Crippen LogP contribution is 2.41. The Bertz CT molecular complexity index is 457. The zero-order valence-electron chi connectivity index (χ0n) is 9.52. The zero-order chi connectivity index (χ0) is 11.8. The third kappa shape index (κ3) is 2.02. The molecule has 2 heterocycles. The van der Waals surface area contributed by atoms with Crippen LogP contribution in [0, 0.1) is 0 Å². The number of amides is 1. The number of piperazine rings is 1. The van der Waals surface area contributed by atoms with Gasteiger partial charge in [-0.2, -0.15) is 0 Å². The van der Waals surface area contributed by atoms with Crippen molar-refractivity contribution in [2.75, 3.05) is 30.3 Å². The van der Waals surface area contributed by atoms with Crippen LogP contribution in [0.2, 0.25) is 0 Å². The van der Waals surface area contributed by atoms with Crippen LogP contribution in [0.1, 0.15) is 24.5 Å². The van der Waals surface area contributed by atoms with Gasteiger partial charge in [-0.05, 0) is 12.8 Å². The average molecular weight is 233 g/mol. The van der Waals surface area contributed by atoms with Crippen LogP contribution >= 0.6 is 0 Å². The van der Waals surface area contributed by atoms with Crippen molar-refractivity contribution >= 4 is 17.5 Å². The summed E-state index contributed by atoms with van der Waals surface area (Å²) >= 11 is 0. The first-order valence-corrected chi connectivity index (χ1v) is 5.88. The van der Waals surface area contributed by atoms with E-state index in [-0.39, 0.29) is 5.91 Å². The maximum absolute atomic E-state index is 11.3. The van der Waals surface area contributed by atoms with Gasteiger partial charge in [-0.15, -0.1) is 0 Å². The van der Waals surface area contributed by atoms with Gasteiger partial charge in [0.25, 0.3) is 0 Å². The number of carbonyl (C=O) groups is 1. The molecule has 3 N–H and O–H groups in total. The maximum Gasteiger partial charge on any atom is 0.239 e. The fourth-order valence-corrected chi connectivity index (χ4v) is 2.04. The fourth-order valence-electron chi connectivity index (χ4n) is 2.04. The summed E-state index contributed by atoms with van der Waals surface area (Å²) in [5.74, 6) is 1.14. The molecule has 1 aromatic rings. The summed E-state index contributed by atoms with van der Waals surface area (Å²) < 4.78 is 0. The predicted octanol–water partition coefficient (Wildman–Crippen LogP) is -0.128.